The Kier molecular flexibility index (Phi) is 13.1. The standard InChI is InChI=1S/C16H26NP.C5H10.C3H9P/c1-17(2)16(13-9-5-6-10-13)14-11-7-8-12-15(14)18(3)4;1-2-4-5-3-1;1-4(2)3/h7-8,11-13,16H,5-6,9-10H2,1-4H3;1-5H2;1-3H3/t16-;;/m0../s1. The van der Waals surface area contributed by atoms with Crippen molar-refractivity contribution in [2.24, 2.45) is 5.92 Å². The summed E-state index contributed by atoms with van der Waals surface area (Å²) in [6, 6.07) is 9.73. The van der Waals surface area contributed by atoms with E-state index in [9.17, 15) is 0 Å². The number of hydrogen-bond acceptors (Lipinski definition) is 1. The lowest BCUT2D eigenvalue weighted by molar-refractivity contribution is 0.215. The van der Waals surface area contributed by atoms with Crippen LogP contribution in [-0.2, 0) is 0 Å². The van der Waals surface area contributed by atoms with Crippen molar-refractivity contribution in [1.29, 1.82) is 0 Å². The lowest BCUT2D eigenvalue weighted by atomic mass is 9.91. The fourth-order valence-corrected chi connectivity index (χ4v) is 5.36. The lowest BCUT2D eigenvalue weighted by Crippen LogP contribution is -2.29. The molecule has 0 heterocycles. The summed E-state index contributed by atoms with van der Waals surface area (Å²) >= 11 is 0. The summed E-state index contributed by atoms with van der Waals surface area (Å²) in [4.78, 5) is 2.44. The summed E-state index contributed by atoms with van der Waals surface area (Å²) in [5.74, 6) is 0.857. The van der Waals surface area contributed by atoms with E-state index in [1.165, 1.54) is 57.8 Å². The first-order valence-electron chi connectivity index (χ1n) is 10.9. The molecule has 3 rings (SSSR count). The van der Waals surface area contributed by atoms with Crippen LogP contribution in [0, 0.1) is 5.92 Å². The fraction of sp³-hybridized carbons (Fsp3) is 0.750. The lowest BCUT2D eigenvalue weighted by Gasteiger charge is -2.32. The van der Waals surface area contributed by atoms with E-state index in [0.29, 0.717) is 14.0 Å². The van der Waals surface area contributed by atoms with Crippen LogP contribution in [0.4, 0.5) is 0 Å². The summed E-state index contributed by atoms with van der Waals surface area (Å²) in [6.45, 7) is 11.4. The highest BCUT2D eigenvalue weighted by atomic mass is 31.1. The zero-order chi connectivity index (χ0) is 20.2. The molecule has 1 aromatic carbocycles. The van der Waals surface area contributed by atoms with Crippen molar-refractivity contribution in [2.75, 3.05) is 47.4 Å². The van der Waals surface area contributed by atoms with Crippen molar-refractivity contribution in [3.63, 3.8) is 0 Å². The molecule has 2 saturated carbocycles. The van der Waals surface area contributed by atoms with Gasteiger partial charge in [-0.25, -0.2) is 0 Å². The molecular weight excluding hydrogens is 364 g/mol. The molecular formula is C24H45NP2. The second-order valence-electron chi connectivity index (χ2n) is 9.02. The average Bonchev–Trinajstić information content (AvgIpc) is 3.31. The maximum Gasteiger partial charge on any atom is 0.0376 e. The Morgan fingerprint density at radius 1 is 0.778 bits per heavy atom. The molecule has 0 bridgehead atoms. The first kappa shape index (κ1) is 25.1. The molecule has 1 nitrogen and oxygen atoms in total. The molecule has 2 aliphatic rings. The third-order valence-corrected chi connectivity index (χ3v) is 6.76. The summed E-state index contributed by atoms with van der Waals surface area (Å²) in [6.07, 6.45) is 13.2. The predicted octanol–water partition coefficient (Wildman–Crippen LogP) is 7.15. The molecule has 1 atom stereocenters. The van der Waals surface area contributed by atoms with Crippen LogP contribution in [0.5, 0.6) is 0 Å². The Labute approximate surface area is 173 Å². The number of hydrogen-bond donors (Lipinski definition) is 0. The van der Waals surface area contributed by atoms with E-state index in [-0.39, 0.29) is 7.92 Å². The number of nitrogens with zero attached hydrogens (tertiary/aromatic N) is 1. The molecule has 1 aromatic rings. The van der Waals surface area contributed by atoms with Gasteiger partial charge in [0.15, 0.2) is 0 Å². The topological polar surface area (TPSA) is 3.24 Å². The minimum Gasteiger partial charge on any atom is -0.302 e. The van der Waals surface area contributed by atoms with Gasteiger partial charge in [0.2, 0.25) is 0 Å². The van der Waals surface area contributed by atoms with Crippen LogP contribution in [0.1, 0.15) is 69.4 Å². The average molecular weight is 410 g/mol. The van der Waals surface area contributed by atoms with Gasteiger partial charge in [0, 0.05) is 6.04 Å². The zero-order valence-corrected chi connectivity index (χ0v) is 21.0. The van der Waals surface area contributed by atoms with Gasteiger partial charge in [-0.3, -0.25) is 0 Å². The molecule has 0 N–H and O–H groups in total. The Morgan fingerprint density at radius 2 is 1.22 bits per heavy atom. The monoisotopic (exact) mass is 409 g/mol. The van der Waals surface area contributed by atoms with Crippen LogP contribution < -0.4 is 5.30 Å². The second-order valence-corrected chi connectivity index (χ2v) is 14.0. The van der Waals surface area contributed by atoms with Crippen LogP contribution in [0.25, 0.3) is 0 Å². The van der Waals surface area contributed by atoms with E-state index in [0.717, 1.165) is 5.92 Å². The minimum absolute atomic E-state index is 0.0146. The highest BCUT2D eigenvalue weighted by Crippen LogP contribution is 2.40. The van der Waals surface area contributed by atoms with Crippen molar-refractivity contribution in [3.8, 4) is 0 Å². The number of rotatable bonds is 4. The molecule has 2 aliphatic carbocycles. The van der Waals surface area contributed by atoms with E-state index in [1.807, 2.05) is 0 Å². The molecule has 0 radical (unpaired) electrons. The van der Waals surface area contributed by atoms with E-state index >= 15 is 0 Å². The molecule has 27 heavy (non-hydrogen) atoms. The molecule has 0 saturated heterocycles. The predicted molar refractivity (Wildman–Crippen MR) is 131 cm³/mol. The van der Waals surface area contributed by atoms with Gasteiger partial charge in [-0.15, -0.1) is 7.92 Å². The third kappa shape index (κ3) is 9.87. The maximum absolute atomic E-state index is 2.44. The zero-order valence-electron chi connectivity index (χ0n) is 19.2. The van der Waals surface area contributed by atoms with Gasteiger partial charge >= 0.3 is 0 Å². The van der Waals surface area contributed by atoms with Crippen molar-refractivity contribution in [1.82, 2.24) is 4.90 Å². The van der Waals surface area contributed by atoms with Gasteiger partial charge in [0.1, 0.15) is 0 Å². The summed E-state index contributed by atoms with van der Waals surface area (Å²) in [5.41, 5.74) is 1.59. The van der Waals surface area contributed by atoms with Gasteiger partial charge in [0.25, 0.3) is 0 Å². The molecule has 0 amide bonds. The van der Waals surface area contributed by atoms with E-state index in [4.69, 9.17) is 0 Å². The second kappa shape index (κ2) is 14.1. The van der Waals surface area contributed by atoms with Gasteiger partial charge in [0.05, 0.1) is 0 Å². The van der Waals surface area contributed by atoms with Gasteiger partial charge in [-0.2, -0.15) is 0 Å². The highest BCUT2D eigenvalue weighted by molar-refractivity contribution is 7.64. The van der Waals surface area contributed by atoms with Crippen LogP contribution in [0.2, 0.25) is 0 Å². The quantitative estimate of drug-likeness (QED) is 0.477. The SMILES string of the molecule is C1CCCC1.CN(C)[C@H](c1ccccc1P(C)C)C1CCCC1.CP(C)C. The molecule has 0 unspecified atom stereocenters. The third-order valence-electron chi connectivity index (χ3n) is 5.39. The molecule has 0 aromatic heterocycles. The molecule has 3 heteroatoms. The van der Waals surface area contributed by atoms with Crippen molar-refractivity contribution in [3.05, 3.63) is 29.8 Å². The first-order chi connectivity index (χ1) is 12.8. The van der Waals surface area contributed by atoms with Crippen molar-refractivity contribution < 1.29 is 0 Å². The fourth-order valence-electron chi connectivity index (χ4n) is 4.26. The molecule has 0 aliphatic heterocycles. The normalized spacial score (nSPS) is 18.3. The highest BCUT2D eigenvalue weighted by Gasteiger charge is 2.29. The van der Waals surface area contributed by atoms with Crippen LogP contribution in [0.15, 0.2) is 24.3 Å². The Morgan fingerprint density at radius 3 is 1.63 bits per heavy atom. The van der Waals surface area contributed by atoms with E-state index < -0.39 is 0 Å². The molecule has 2 fully saturated rings. The summed E-state index contributed by atoms with van der Waals surface area (Å²) < 4.78 is 0. The van der Waals surface area contributed by atoms with Crippen molar-refractivity contribution in [2.45, 2.75) is 63.8 Å². The van der Waals surface area contributed by atoms with Crippen molar-refractivity contribution >= 4 is 21.1 Å². The van der Waals surface area contributed by atoms with E-state index in [1.54, 1.807) is 10.9 Å². The Hall–Kier alpha value is 0.0400. The minimum atomic E-state index is -0.0146. The Bertz CT molecular complexity index is 479. The largest absolute Gasteiger partial charge is 0.302 e. The Balaban J connectivity index is 0.000000333. The summed E-state index contributed by atoms with van der Waals surface area (Å²) in [5, 5.41) is 1.60. The molecule has 156 valence electrons. The smallest absolute Gasteiger partial charge is 0.0376 e. The first-order valence-corrected chi connectivity index (χ1v) is 15.8. The molecule has 0 spiro atoms. The van der Waals surface area contributed by atoms with Crippen LogP contribution in [0.3, 0.4) is 0 Å². The van der Waals surface area contributed by atoms with Gasteiger partial charge < -0.3 is 4.90 Å². The van der Waals surface area contributed by atoms with Gasteiger partial charge in [-0.05, 0) is 77.0 Å². The van der Waals surface area contributed by atoms with Crippen LogP contribution >= 0.6 is 15.8 Å². The van der Waals surface area contributed by atoms with Crippen LogP contribution in [-0.4, -0.2) is 52.3 Å². The maximum atomic E-state index is 2.44. The number of benzene rings is 1. The summed E-state index contributed by atoms with van der Waals surface area (Å²) in [7, 11) is 4.85. The van der Waals surface area contributed by atoms with E-state index in [2.05, 4.69) is 76.6 Å². The van der Waals surface area contributed by atoms with Gasteiger partial charge in [-0.1, -0.05) is 77.1 Å².